The number of ether oxygens (including phenoxy) is 1. The van der Waals surface area contributed by atoms with Crippen molar-refractivity contribution >= 4 is 14.4 Å². The number of amides is 1. The SMILES string of the molecule is CC[Si](CC)(CC)OC1=CC2(C)CCC(C)(C1)N2NC(=O)OC(C)(C)C. The van der Waals surface area contributed by atoms with Gasteiger partial charge in [-0.15, -0.1) is 0 Å². The maximum atomic E-state index is 12.4. The van der Waals surface area contributed by atoms with Crippen LogP contribution >= 0.6 is 0 Å². The van der Waals surface area contributed by atoms with Crippen molar-refractivity contribution in [1.29, 1.82) is 0 Å². The summed E-state index contributed by atoms with van der Waals surface area (Å²) in [5, 5.41) is 2.11. The van der Waals surface area contributed by atoms with Crippen LogP contribution in [0.1, 0.15) is 74.7 Å². The van der Waals surface area contributed by atoms with Crippen LogP contribution < -0.4 is 5.43 Å². The lowest BCUT2D eigenvalue weighted by atomic mass is 9.92. The Morgan fingerprint density at radius 2 is 1.77 bits per heavy atom. The molecular formula is C20H38N2O3Si. The normalized spacial score (nSPS) is 29.3. The standard InChI is InChI=1S/C20H38N2O3Si/c1-9-26(10-2,11-3)25-16-14-19(7)12-13-20(8,15-16)22(19)21-17(23)24-18(4,5)6/h14H,9-13,15H2,1-8H3,(H,21,23). The van der Waals surface area contributed by atoms with Gasteiger partial charge in [0.25, 0.3) is 0 Å². The highest BCUT2D eigenvalue weighted by Crippen LogP contribution is 2.49. The van der Waals surface area contributed by atoms with Gasteiger partial charge in [0.2, 0.25) is 8.32 Å². The molecule has 1 saturated heterocycles. The molecule has 0 aromatic carbocycles. The average molecular weight is 383 g/mol. The molecule has 0 aliphatic carbocycles. The Morgan fingerprint density at radius 3 is 2.23 bits per heavy atom. The first-order valence-electron chi connectivity index (χ1n) is 10.1. The van der Waals surface area contributed by atoms with Gasteiger partial charge in [0.05, 0.1) is 11.3 Å². The van der Waals surface area contributed by atoms with Gasteiger partial charge in [-0.05, 0) is 71.7 Å². The molecular weight excluding hydrogens is 344 g/mol. The molecule has 2 aliphatic rings. The molecule has 2 heterocycles. The monoisotopic (exact) mass is 382 g/mol. The second kappa shape index (κ2) is 7.19. The molecule has 0 aromatic heterocycles. The molecule has 0 radical (unpaired) electrons. The summed E-state index contributed by atoms with van der Waals surface area (Å²) in [6, 6.07) is 3.43. The second-order valence-corrected chi connectivity index (χ2v) is 14.1. The summed E-state index contributed by atoms with van der Waals surface area (Å²) in [5.74, 6) is 1.13. The van der Waals surface area contributed by atoms with Crippen LogP contribution in [0.25, 0.3) is 0 Å². The predicted octanol–water partition coefficient (Wildman–Crippen LogP) is 5.35. The highest BCUT2D eigenvalue weighted by atomic mass is 28.4. The quantitative estimate of drug-likeness (QED) is 0.629. The van der Waals surface area contributed by atoms with Crippen molar-refractivity contribution in [2.24, 2.45) is 0 Å². The van der Waals surface area contributed by atoms with Gasteiger partial charge in [0.15, 0.2) is 0 Å². The molecule has 5 nitrogen and oxygen atoms in total. The minimum absolute atomic E-state index is 0.134. The average Bonchev–Trinajstić information content (AvgIpc) is 2.67. The Kier molecular flexibility index (Phi) is 5.89. The third-order valence-corrected chi connectivity index (χ3v) is 10.7. The van der Waals surface area contributed by atoms with E-state index >= 15 is 0 Å². The highest BCUT2D eigenvalue weighted by molar-refractivity contribution is 6.73. The molecule has 0 saturated carbocycles. The van der Waals surface area contributed by atoms with Gasteiger partial charge in [-0.3, -0.25) is 5.43 Å². The van der Waals surface area contributed by atoms with Crippen molar-refractivity contribution in [2.45, 2.75) is 109 Å². The summed E-state index contributed by atoms with van der Waals surface area (Å²) < 4.78 is 12.2. The fourth-order valence-corrected chi connectivity index (χ4v) is 7.03. The van der Waals surface area contributed by atoms with Gasteiger partial charge in [-0.25, -0.2) is 9.80 Å². The molecule has 2 bridgehead atoms. The van der Waals surface area contributed by atoms with Crippen LogP contribution in [0.15, 0.2) is 11.8 Å². The van der Waals surface area contributed by atoms with Crippen LogP contribution in [0.5, 0.6) is 0 Å². The number of carbonyl (C=O) groups is 1. The lowest BCUT2D eigenvalue weighted by molar-refractivity contribution is -0.0183. The summed E-state index contributed by atoms with van der Waals surface area (Å²) in [4.78, 5) is 12.4. The minimum Gasteiger partial charge on any atom is -0.547 e. The lowest BCUT2D eigenvalue weighted by Gasteiger charge is -2.47. The Morgan fingerprint density at radius 1 is 1.19 bits per heavy atom. The van der Waals surface area contributed by atoms with E-state index in [0.29, 0.717) is 0 Å². The largest absolute Gasteiger partial charge is 0.547 e. The number of nitrogens with one attached hydrogen (secondary N) is 1. The maximum Gasteiger partial charge on any atom is 0.422 e. The zero-order valence-corrected chi connectivity index (χ0v) is 19.0. The number of nitrogens with zero attached hydrogens (tertiary/aromatic N) is 1. The van der Waals surface area contributed by atoms with Gasteiger partial charge in [-0.1, -0.05) is 20.8 Å². The van der Waals surface area contributed by atoms with Gasteiger partial charge in [0.1, 0.15) is 5.60 Å². The lowest BCUT2D eigenvalue weighted by Crippen LogP contribution is -2.62. The predicted molar refractivity (Wildman–Crippen MR) is 108 cm³/mol. The van der Waals surface area contributed by atoms with E-state index in [2.05, 4.69) is 51.1 Å². The highest BCUT2D eigenvalue weighted by Gasteiger charge is 2.54. The van der Waals surface area contributed by atoms with E-state index in [4.69, 9.17) is 9.16 Å². The first-order valence-corrected chi connectivity index (χ1v) is 12.6. The van der Waals surface area contributed by atoms with E-state index < -0.39 is 13.9 Å². The molecule has 2 atom stereocenters. The number of fused-ring (bicyclic) bond motifs is 2. The van der Waals surface area contributed by atoms with Crippen molar-refractivity contribution < 1.29 is 14.0 Å². The molecule has 2 unspecified atom stereocenters. The van der Waals surface area contributed by atoms with E-state index in [0.717, 1.165) is 43.2 Å². The molecule has 1 N–H and O–H groups in total. The molecule has 6 heteroatoms. The summed E-state index contributed by atoms with van der Waals surface area (Å²) in [5.41, 5.74) is 2.17. The van der Waals surface area contributed by atoms with Crippen molar-refractivity contribution in [3.63, 3.8) is 0 Å². The van der Waals surface area contributed by atoms with Crippen LogP contribution in [0.4, 0.5) is 4.79 Å². The topological polar surface area (TPSA) is 50.8 Å². The van der Waals surface area contributed by atoms with Gasteiger partial charge >= 0.3 is 6.09 Å². The van der Waals surface area contributed by atoms with Gasteiger partial charge in [0, 0.05) is 12.0 Å². The summed E-state index contributed by atoms with van der Waals surface area (Å²) in [6.07, 6.45) is 4.75. The van der Waals surface area contributed by atoms with Crippen LogP contribution in [-0.4, -0.2) is 36.1 Å². The Bertz CT molecular complexity index is 560. The Balaban J connectivity index is 2.21. The summed E-state index contributed by atoms with van der Waals surface area (Å²) >= 11 is 0. The number of hydrogen-bond donors (Lipinski definition) is 1. The van der Waals surface area contributed by atoms with Crippen LogP contribution in [0.2, 0.25) is 18.1 Å². The number of hydrogen-bond acceptors (Lipinski definition) is 4. The fourth-order valence-electron chi connectivity index (χ4n) is 4.40. The minimum atomic E-state index is -1.69. The molecule has 2 aliphatic heterocycles. The molecule has 1 amide bonds. The van der Waals surface area contributed by atoms with E-state index in [-0.39, 0.29) is 17.2 Å². The first kappa shape index (κ1) is 21.3. The number of carbonyl (C=O) groups excluding carboxylic acids is 1. The van der Waals surface area contributed by atoms with Crippen molar-refractivity contribution in [3.05, 3.63) is 11.8 Å². The van der Waals surface area contributed by atoms with Crippen molar-refractivity contribution in [3.8, 4) is 0 Å². The van der Waals surface area contributed by atoms with E-state index in [1.165, 1.54) is 0 Å². The maximum absolute atomic E-state index is 12.4. The van der Waals surface area contributed by atoms with Crippen LogP contribution in [-0.2, 0) is 9.16 Å². The Hall–Kier alpha value is -1.01. The van der Waals surface area contributed by atoms with Crippen LogP contribution in [0.3, 0.4) is 0 Å². The van der Waals surface area contributed by atoms with Gasteiger partial charge < -0.3 is 9.16 Å². The van der Waals surface area contributed by atoms with Crippen LogP contribution in [0, 0.1) is 0 Å². The molecule has 0 spiro atoms. The molecule has 26 heavy (non-hydrogen) atoms. The molecule has 150 valence electrons. The third kappa shape index (κ3) is 4.27. The number of hydrazine groups is 1. The fraction of sp³-hybridized carbons (Fsp3) is 0.850. The van der Waals surface area contributed by atoms with Crippen molar-refractivity contribution in [2.75, 3.05) is 0 Å². The second-order valence-electron chi connectivity index (χ2n) is 9.44. The van der Waals surface area contributed by atoms with E-state index in [1.807, 2.05) is 20.8 Å². The smallest absolute Gasteiger partial charge is 0.422 e. The van der Waals surface area contributed by atoms with E-state index in [1.54, 1.807) is 0 Å². The third-order valence-electron chi connectivity index (χ3n) is 6.13. The zero-order valence-electron chi connectivity index (χ0n) is 18.0. The zero-order chi connectivity index (χ0) is 19.8. The van der Waals surface area contributed by atoms with Crippen molar-refractivity contribution in [1.82, 2.24) is 10.4 Å². The molecule has 2 rings (SSSR count). The van der Waals surface area contributed by atoms with E-state index in [9.17, 15) is 4.79 Å². The Labute approximate surface area is 160 Å². The first-order chi connectivity index (χ1) is 11.9. The molecule has 0 aromatic rings. The van der Waals surface area contributed by atoms with Gasteiger partial charge in [-0.2, -0.15) is 0 Å². The summed E-state index contributed by atoms with van der Waals surface area (Å²) in [6.45, 7) is 16.8. The molecule has 1 fully saturated rings. The number of rotatable bonds is 6. The summed E-state index contributed by atoms with van der Waals surface area (Å²) in [7, 11) is -1.69.